The van der Waals surface area contributed by atoms with Crippen molar-refractivity contribution in [3.05, 3.63) is 102 Å². The third-order valence-corrected chi connectivity index (χ3v) is 6.58. The van der Waals surface area contributed by atoms with Gasteiger partial charge in [-0.2, -0.15) is 12.6 Å². The van der Waals surface area contributed by atoms with Gasteiger partial charge in [-0.1, -0.05) is 66.7 Å². The molecule has 2 atom stereocenters. The van der Waals surface area contributed by atoms with Gasteiger partial charge < -0.3 is 10.2 Å². The summed E-state index contributed by atoms with van der Waals surface area (Å²) >= 11 is 4.75. The van der Waals surface area contributed by atoms with E-state index in [2.05, 4.69) is 58.8 Å². The minimum absolute atomic E-state index is 0.111. The summed E-state index contributed by atoms with van der Waals surface area (Å²) in [6.07, 6.45) is 4.89. The van der Waals surface area contributed by atoms with E-state index in [1.54, 1.807) is 12.4 Å². The summed E-state index contributed by atoms with van der Waals surface area (Å²) in [5.74, 6) is 0.235. The van der Waals surface area contributed by atoms with Crippen LogP contribution in [0.5, 0.6) is 0 Å². The van der Waals surface area contributed by atoms with Crippen LogP contribution in [0.15, 0.2) is 85.2 Å². The van der Waals surface area contributed by atoms with Crippen molar-refractivity contribution >= 4 is 18.5 Å². The van der Waals surface area contributed by atoms with Crippen LogP contribution < -0.4 is 5.32 Å². The largest absolute Gasteiger partial charge is 0.340 e. The topological polar surface area (TPSA) is 45.2 Å². The lowest BCUT2D eigenvalue weighted by Gasteiger charge is -2.31. The van der Waals surface area contributed by atoms with Crippen molar-refractivity contribution < 1.29 is 4.79 Å². The molecular weight excluding hydrogens is 402 g/mol. The molecular formula is C26H29N3OS. The fourth-order valence-corrected chi connectivity index (χ4v) is 4.57. The Morgan fingerprint density at radius 1 is 1.03 bits per heavy atom. The first-order valence-corrected chi connectivity index (χ1v) is 11.4. The molecule has 4 nitrogen and oxygen atoms in total. The second-order valence-electron chi connectivity index (χ2n) is 8.13. The van der Waals surface area contributed by atoms with Crippen molar-refractivity contribution in [1.82, 2.24) is 15.2 Å². The number of amides is 1. The van der Waals surface area contributed by atoms with E-state index in [-0.39, 0.29) is 23.1 Å². The van der Waals surface area contributed by atoms with Crippen molar-refractivity contribution in [2.24, 2.45) is 0 Å². The fourth-order valence-electron chi connectivity index (χ4n) is 4.24. The number of nitrogens with zero attached hydrogens (tertiary/aromatic N) is 2. The summed E-state index contributed by atoms with van der Waals surface area (Å²) in [6.45, 7) is 2.24. The number of nitrogens with one attached hydrogen (secondary N) is 1. The molecule has 1 N–H and O–H groups in total. The maximum atomic E-state index is 13.5. The average Bonchev–Trinajstić information content (AvgIpc) is 3.22. The molecule has 4 rings (SSSR count). The number of thiol groups is 1. The lowest BCUT2D eigenvalue weighted by molar-refractivity contribution is -0.131. The van der Waals surface area contributed by atoms with E-state index in [1.807, 2.05) is 29.2 Å². The number of pyridine rings is 1. The molecule has 2 aromatic carbocycles. The predicted octanol–water partition coefficient (Wildman–Crippen LogP) is 3.95. The fraction of sp³-hybridized carbons (Fsp3) is 0.308. The van der Waals surface area contributed by atoms with Gasteiger partial charge in [0.25, 0.3) is 0 Å². The van der Waals surface area contributed by atoms with Crippen LogP contribution in [-0.2, 0) is 11.2 Å². The summed E-state index contributed by atoms with van der Waals surface area (Å²) in [5.41, 5.74) is 3.37. The summed E-state index contributed by atoms with van der Waals surface area (Å²) in [6, 6.07) is 25.0. The van der Waals surface area contributed by atoms with Gasteiger partial charge in [-0.3, -0.25) is 9.78 Å². The second kappa shape index (κ2) is 10.6. The average molecular weight is 432 g/mol. The zero-order valence-corrected chi connectivity index (χ0v) is 18.5. The van der Waals surface area contributed by atoms with Gasteiger partial charge in [0.2, 0.25) is 5.91 Å². The molecule has 1 saturated heterocycles. The number of aromatic nitrogens is 1. The van der Waals surface area contributed by atoms with E-state index in [1.165, 1.54) is 11.1 Å². The SMILES string of the molecule is O=C(Cc1cccnc1)N(CC(c1ccccc1)c1ccccc1)CC1NCCC1S. The van der Waals surface area contributed by atoms with Crippen LogP contribution in [0.25, 0.3) is 0 Å². The zero-order valence-electron chi connectivity index (χ0n) is 17.6. The molecule has 1 fully saturated rings. The molecule has 2 heterocycles. The predicted molar refractivity (Wildman–Crippen MR) is 128 cm³/mol. The third kappa shape index (κ3) is 5.75. The number of carbonyl (C=O) groups is 1. The normalized spacial score (nSPS) is 18.3. The summed E-state index contributed by atoms with van der Waals surface area (Å²) in [5, 5.41) is 3.79. The summed E-state index contributed by atoms with van der Waals surface area (Å²) in [7, 11) is 0. The van der Waals surface area contributed by atoms with Crippen LogP contribution in [0.4, 0.5) is 0 Å². The Kier molecular flexibility index (Phi) is 7.39. The molecule has 1 aliphatic heterocycles. The van der Waals surface area contributed by atoms with Gasteiger partial charge in [0.05, 0.1) is 6.42 Å². The molecule has 0 saturated carbocycles. The van der Waals surface area contributed by atoms with Crippen LogP contribution in [0.1, 0.15) is 29.0 Å². The smallest absolute Gasteiger partial charge is 0.227 e. The van der Waals surface area contributed by atoms with Crippen LogP contribution in [0.2, 0.25) is 0 Å². The second-order valence-corrected chi connectivity index (χ2v) is 8.79. The highest BCUT2D eigenvalue weighted by Gasteiger charge is 2.29. The molecule has 0 bridgehead atoms. The van der Waals surface area contributed by atoms with E-state index in [9.17, 15) is 4.79 Å². The molecule has 0 aliphatic carbocycles. The van der Waals surface area contributed by atoms with Crippen molar-refractivity contribution in [2.75, 3.05) is 19.6 Å². The number of rotatable bonds is 8. The molecule has 0 radical (unpaired) electrons. The molecule has 0 spiro atoms. The Balaban J connectivity index is 1.61. The quantitative estimate of drug-likeness (QED) is 0.531. The number of benzene rings is 2. The lowest BCUT2D eigenvalue weighted by atomic mass is 9.90. The Morgan fingerprint density at radius 2 is 1.71 bits per heavy atom. The van der Waals surface area contributed by atoms with E-state index in [4.69, 9.17) is 12.6 Å². The Labute approximate surface area is 190 Å². The molecule has 2 unspecified atom stereocenters. The highest BCUT2D eigenvalue weighted by molar-refractivity contribution is 7.81. The summed E-state index contributed by atoms with van der Waals surface area (Å²) < 4.78 is 0. The Bertz CT molecular complexity index is 913. The van der Waals surface area contributed by atoms with Crippen molar-refractivity contribution in [3.8, 4) is 0 Å². The van der Waals surface area contributed by atoms with Crippen LogP contribution in [0.3, 0.4) is 0 Å². The van der Waals surface area contributed by atoms with Gasteiger partial charge >= 0.3 is 0 Å². The van der Waals surface area contributed by atoms with E-state index >= 15 is 0 Å². The van der Waals surface area contributed by atoms with Gasteiger partial charge in [-0.25, -0.2) is 0 Å². The first kappa shape index (κ1) is 21.6. The van der Waals surface area contributed by atoms with Crippen LogP contribution in [0, 0.1) is 0 Å². The molecule has 5 heteroatoms. The number of hydrogen-bond acceptors (Lipinski definition) is 4. The monoisotopic (exact) mass is 431 g/mol. The van der Waals surface area contributed by atoms with Gasteiger partial charge in [-0.05, 0) is 35.7 Å². The molecule has 31 heavy (non-hydrogen) atoms. The van der Waals surface area contributed by atoms with Crippen LogP contribution >= 0.6 is 12.6 Å². The lowest BCUT2D eigenvalue weighted by Crippen LogP contribution is -2.46. The summed E-state index contributed by atoms with van der Waals surface area (Å²) in [4.78, 5) is 19.6. The molecule has 1 aromatic heterocycles. The first-order valence-electron chi connectivity index (χ1n) is 10.9. The number of carbonyl (C=O) groups excluding carboxylic acids is 1. The minimum Gasteiger partial charge on any atom is -0.340 e. The van der Waals surface area contributed by atoms with E-state index in [0.29, 0.717) is 19.5 Å². The van der Waals surface area contributed by atoms with Crippen molar-refractivity contribution in [1.29, 1.82) is 0 Å². The van der Waals surface area contributed by atoms with E-state index in [0.717, 1.165) is 18.5 Å². The highest BCUT2D eigenvalue weighted by atomic mass is 32.1. The molecule has 1 aliphatic rings. The third-order valence-electron chi connectivity index (χ3n) is 5.97. The van der Waals surface area contributed by atoms with Crippen molar-refractivity contribution in [3.63, 3.8) is 0 Å². The number of hydrogen-bond donors (Lipinski definition) is 2. The molecule has 3 aromatic rings. The van der Waals surface area contributed by atoms with Crippen molar-refractivity contribution in [2.45, 2.75) is 30.1 Å². The maximum absolute atomic E-state index is 13.5. The molecule has 1 amide bonds. The van der Waals surface area contributed by atoms with Gasteiger partial charge in [-0.15, -0.1) is 0 Å². The highest BCUT2D eigenvalue weighted by Crippen LogP contribution is 2.27. The zero-order chi connectivity index (χ0) is 21.5. The maximum Gasteiger partial charge on any atom is 0.227 e. The van der Waals surface area contributed by atoms with E-state index < -0.39 is 0 Å². The Morgan fingerprint density at radius 3 is 2.26 bits per heavy atom. The first-order chi connectivity index (χ1) is 15.2. The van der Waals surface area contributed by atoms with Gasteiger partial charge in [0.15, 0.2) is 0 Å². The Hall–Kier alpha value is -2.63. The van der Waals surface area contributed by atoms with Gasteiger partial charge in [0.1, 0.15) is 0 Å². The minimum atomic E-state index is 0.111. The van der Waals surface area contributed by atoms with Crippen LogP contribution in [-0.4, -0.2) is 46.7 Å². The molecule has 160 valence electrons. The standard InChI is InChI=1S/C26H29N3OS/c30-26(16-20-8-7-14-27-17-20)29(19-24-25(31)13-15-28-24)18-23(21-9-3-1-4-10-21)22-11-5-2-6-12-22/h1-12,14,17,23-25,28,31H,13,15-16,18-19H2. The van der Waals surface area contributed by atoms with Gasteiger partial charge in [0, 0.05) is 42.7 Å².